The molecule has 1 aliphatic rings. The number of nitrogens with zero attached hydrogens (tertiary/aromatic N) is 4. The number of carbonyl (C=O) groups is 1. The van der Waals surface area contributed by atoms with E-state index >= 15 is 0 Å². The van der Waals surface area contributed by atoms with Gasteiger partial charge in [-0.3, -0.25) is 14.0 Å². The molecule has 1 aliphatic carbocycles. The summed E-state index contributed by atoms with van der Waals surface area (Å²) < 4.78 is 22.3. The molecule has 1 unspecified atom stereocenters. The summed E-state index contributed by atoms with van der Waals surface area (Å²) in [6.45, 7) is 7.96. The van der Waals surface area contributed by atoms with E-state index in [4.69, 9.17) is 4.74 Å². The highest BCUT2D eigenvalue weighted by atomic mass is 19.1. The summed E-state index contributed by atoms with van der Waals surface area (Å²) in [7, 11) is 0. The molecule has 0 bridgehead atoms. The number of fused-ring (bicyclic) bond motifs is 1. The van der Waals surface area contributed by atoms with Crippen LogP contribution in [0.5, 0.6) is 5.88 Å². The van der Waals surface area contributed by atoms with Crippen LogP contribution >= 0.6 is 0 Å². The number of ether oxygens (including phenoxy) is 1. The van der Waals surface area contributed by atoms with E-state index in [1.807, 2.05) is 20.0 Å². The second kappa shape index (κ2) is 9.33. The van der Waals surface area contributed by atoms with E-state index in [-0.39, 0.29) is 23.2 Å². The first-order valence-corrected chi connectivity index (χ1v) is 11.5. The zero-order chi connectivity index (χ0) is 23.7. The number of carbonyl (C=O) groups excluding carboxylic acids is 1. The number of aromatic nitrogens is 4. The largest absolute Gasteiger partial charge is 0.474 e. The van der Waals surface area contributed by atoms with Gasteiger partial charge in [-0.15, -0.1) is 0 Å². The van der Waals surface area contributed by atoms with Crippen molar-refractivity contribution in [3.05, 3.63) is 52.3 Å². The Morgan fingerprint density at radius 2 is 2.06 bits per heavy atom. The third-order valence-electron chi connectivity index (χ3n) is 5.83. The average molecular weight is 456 g/mol. The molecule has 0 spiro atoms. The lowest BCUT2D eigenvalue weighted by Crippen LogP contribution is -2.26. The number of imidazole rings is 1. The fourth-order valence-electron chi connectivity index (χ4n) is 4.00. The van der Waals surface area contributed by atoms with Crippen molar-refractivity contribution in [2.45, 2.75) is 77.6 Å². The van der Waals surface area contributed by atoms with Crippen LogP contribution in [0.4, 0.5) is 10.1 Å². The van der Waals surface area contributed by atoms with Crippen LogP contribution in [0.1, 0.15) is 81.4 Å². The summed E-state index contributed by atoms with van der Waals surface area (Å²) in [4.78, 5) is 35.1. The van der Waals surface area contributed by atoms with Crippen molar-refractivity contribution in [2.24, 2.45) is 0 Å². The number of nitrogens with one attached hydrogen (secondary N) is 1. The molecule has 1 saturated carbocycles. The van der Waals surface area contributed by atoms with Gasteiger partial charge in [0, 0.05) is 30.9 Å². The zero-order valence-electron chi connectivity index (χ0n) is 19.4. The minimum atomic E-state index is -1.03. The van der Waals surface area contributed by atoms with Gasteiger partial charge in [-0.1, -0.05) is 20.3 Å². The zero-order valence-corrected chi connectivity index (χ0v) is 19.4. The van der Waals surface area contributed by atoms with Gasteiger partial charge in [0.05, 0.1) is 17.8 Å². The summed E-state index contributed by atoms with van der Waals surface area (Å²) in [5, 5.41) is 2.66. The highest BCUT2D eigenvalue weighted by Gasteiger charge is 2.40. The van der Waals surface area contributed by atoms with Gasteiger partial charge < -0.3 is 14.6 Å². The molecule has 0 aliphatic heterocycles. The first-order valence-electron chi connectivity index (χ1n) is 11.5. The summed E-state index contributed by atoms with van der Waals surface area (Å²) in [5.74, 6) is 0.390. The Morgan fingerprint density at radius 3 is 2.70 bits per heavy atom. The van der Waals surface area contributed by atoms with Gasteiger partial charge in [-0.2, -0.15) is 4.98 Å². The molecule has 1 amide bonds. The lowest BCUT2D eigenvalue weighted by molar-refractivity contribution is 0.101. The highest BCUT2D eigenvalue weighted by Crippen LogP contribution is 2.37. The molecule has 1 fully saturated rings. The van der Waals surface area contributed by atoms with Crippen molar-refractivity contribution in [2.75, 3.05) is 5.32 Å². The summed E-state index contributed by atoms with van der Waals surface area (Å²) in [6.07, 6.45) is 7.16. The summed E-state index contributed by atoms with van der Waals surface area (Å²) in [5.41, 5.74) is 0.758. The second-order valence-electron chi connectivity index (χ2n) is 8.80. The van der Waals surface area contributed by atoms with E-state index in [1.165, 1.54) is 16.8 Å². The molecular weight excluding hydrogens is 425 g/mol. The molecule has 9 heteroatoms. The number of amides is 1. The van der Waals surface area contributed by atoms with Gasteiger partial charge >= 0.3 is 0 Å². The van der Waals surface area contributed by atoms with Crippen LogP contribution in [0.3, 0.4) is 0 Å². The van der Waals surface area contributed by atoms with Gasteiger partial charge in [0.15, 0.2) is 0 Å². The maximum absolute atomic E-state index is 13.5. The van der Waals surface area contributed by atoms with Crippen LogP contribution in [0, 0.1) is 0 Å². The summed E-state index contributed by atoms with van der Waals surface area (Å²) >= 11 is 0. The minimum Gasteiger partial charge on any atom is -0.474 e. The number of pyridine rings is 1. The van der Waals surface area contributed by atoms with E-state index in [0.717, 1.165) is 25.0 Å². The quantitative estimate of drug-likeness (QED) is 0.513. The van der Waals surface area contributed by atoms with Crippen molar-refractivity contribution in [1.82, 2.24) is 18.9 Å². The molecule has 176 valence electrons. The normalized spacial score (nSPS) is 18.5. The smallest absolute Gasteiger partial charge is 0.274 e. The Hall–Kier alpha value is -3.23. The van der Waals surface area contributed by atoms with E-state index in [2.05, 4.69) is 29.1 Å². The summed E-state index contributed by atoms with van der Waals surface area (Å²) in [6, 6.07) is 2.66. The van der Waals surface area contributed by atoms with Crippen LogP contribution < -0.4 is 15.6 Å². The first-order chi connectivity index (χ1) is 15.8. The monoisotopic (exact) mass is 455 g/mol. The number of hydrogen-bond donors (Lipinski definition) is 1. The Bertz CT molecular complexity index is 1220. The molecule has 0 aromatic carbocycles. The fourth-order valence-corrected chi connectivity index (χ4v) is 4.00. The number of halogens is 1. The molecule has 33 heavy (non-hydrogen) atoms. The third kappa shape index (κ3) is 4.77. The van der Waals surface area contributed by atoms with Gasteiger partial charge in [-0.25, -0.2) is 9.37 Å². The second-order valence-corrected chi connectivity index (χ2v) is 8.80. The predicted molar refractivity (Wildman–Crippen MR) is 124 cm³/mol. The third-order valence-corrected chi connectivity index (χ3v) is 5.83. The van der Waals surface area contributed by atoms with Crippen LogP contribution in [0.15, 0.2) is 35.5 Å². The molecule has 3 atom stereocenters. The number of hydrogen-bond acceptors (Lipinski definition) is 5. The molecule has 0 radical (unpaired) electrons. The van der Waals surface area contributed by atoms with Gasteiger partial charge in [-0.05, 0) is 38.8 Å². The van der Waals surface area contributed by atoms with Crippen molar-refractivity contribution < 1.29 is 13.9 Å². The molecule has 3 aromatic heterocycles. The van der Waals surface area contributed by atoms with Gasteiger partial charge in [0.1, 0.15) is 17.4 Å². The first kappa shape index (κ1) is 22.9. The molecule has 4 rings (SSSR count). The van der Waals surface area contributed by atoms with Crippen LogP contribution in [0.25, 0.3) is 5.78 Å². The Morgan fingerprint density at radius 1 is 1.30 bits per heavy atom. The molecule has 3 aromatic rings. The van der Waals surface area contributed by atoms with Crippen molar-refractivity contribution >= 4 is 17.4 Å². The predicted octanol–water partition coefficient (Wildman–Crippen LogP) is 4.51. The van der Waals surface area contributed by atoms with E-state index in [0.29, 0.717) is 18.1 Å². The lowest BCUT2D eigenvalue weighted by Gasteiger charge is -2.14. The van der Waals surface area contributed by atoms with Crippen LogP contribution in [-0.2, 0) is 0 Å². The topological polar surface area (TPSA) is 90.5 Å². The molecule has 8 nitrogen and oxygen atoms in total. The number of rotatable bonds is 9. The molecular formula is C24H30FN5O3. The maximum Gasteiger partial charge on any atom is 0.274 e. The number of anilines is 1. The molecule has 3 heterocycles. The maximum atomic E-state index is 13.5. The lowest BCUT2D eigenvalue weighted by atomic mass is 9.98. The minimum absolute atomic E-state index is 0.0810. The van der Waals surface area contributed by atoms with Crippen molar-refractivity contribution in [1.29, 1.82) is 0 Å². The van der Waals surface area contributed by atoms with Crippen LogP contribution in [-0.4, -0.2) is 37.1 Å². The average Bonchev–Trinajstić information content (AvgIpc) is 3.35. The SMILES string of the molecule is CCCC(CC)c1cn2cc(C(=O)Nc3cccn([C@@H]4C[C@@H]4F)c3=O)c(OC(C)C)nc2n1. The Kier molecular flexibility index (Phi) is 6.49. The van der Waals surface area contributed by atoms with Crippen molar-refractivity contribution in [3.8, 4) is 5.88 Å². The standard InChI is InChI=1S/C24H30FN5O3/c1-5-8-15(6-2)19-13-29-12-16(22(33-14(3)4)28-24(29)27-19)21(31)26-18-9-7-10-30(23(18)32)20-11-17(20)25/h7,9-10,12-15,17,20H,5-6,8,11H2,1-4H3,(H,26,31)/t15?,17-,20+/m0/s1. The Balaban J connectivity index is 1.69. The van der Waals surface area contributed by atoms with Gasteiger partial charge in [0.2, 0.25) is 11.7 Å². The van der Waals surface area contributed by atoms with Crippen molar-refractivity contribution in [3.63, 3.8) is 0 Å². The van der Waals surface area contributed by atoms with Gasteiger partial charge in [0.25, 0.3) is 11.5 Å². The van der Waals surface area contributed by atoms with E-state index in [1.54, 1.807) is 16.7 Å². The Labute approximate surface area is 191 Å². The van der Waals surface area contributed by atoms with Crippen LogP contribution in [0.2, 0.25) is 0 Å². The van der Waals surface area contributed by atoms with E-state index in [9.17, 15) is 14.0 Å². The molecule has 0 saturated heterocycles. The highest BCUT2D eigenvalue weighted by molar-refractivity contribution is 6.05. The fraction of sp³-hybridized carbons (Fsp3) is 0.500. The van der Waals surface area contributed by atoms with E-state index < -0.39 is 23.7 Å². The number of alkyl halides is 1. The molecule has 1 N–H and O–H groups in total.